The molecule has 13 heavy (non-hydrogen) atoms. The highest BCUT2D eigenvalue weighted by Crippen LogP contribution is 2.20. The number of phenolic OH excluding ortho intramolecular Hbond substituents is 1. The van der Waals surface area contributed by atoms with Crippen molar-refractivity contribution in [3.05, 3.63) is 29.8 Å². The van der Waals surface area contributed by atoms with Gasteiger partial charge in [-0.2, -0.15) is 0 Å². The third-order valence-electron chi connectivity index (χ3n) is 1.49. The molecule has 4 heteroatoms. The second-order valence-electron chi connectivity index (χ2n) is 2.55. The van der Waals surface area contributed by atoms with Gasteiger partial charge in [-0.1, -0.05) is 6.07 Å². The van der Waals surface area contributed by atoms with Gasteiger partial charge in [-0.05, 0) is 23.8 Å². The van der Waals surface area contributed by atoms with Gasteiger partial charge in [-0.3, -0.25) is 4.79 Å². The van der Waals surface area contributed by atoms with E-state index in [1.165, 1.54) is 18.2 Å². The maximum Gasteiger partial charge on any atom is 0.241 e. The molecule has 0 atom stereocenters. The molecule has 68 valence electrons. The van der Waals surface area contributed by atoms with Crippen molar-refractivity contribution in [1.82, 2.24) is 0 Å². The summed E-state index contributed by atoms with van der Waals surface area (Å²) in [5.74, 6) is -0.497. The molecule has 0 saturated carbocycles. The number of amides is 1. The summed E-state index contributed by atoms with van der Waals surface area (Å²) >= 11 is 0. The number of carbonyl (C=O) groups excluding carboxylic acids is 1. The fraction of sp³-hybridized carbons (Fsp3) is 0. The molecule has 0 radical (unpaired) electrons. The first-order chi connectivity index (χ1) is 6.09. The van der Waals surface area contributed by atoms with Crippen molar-refractivity contribution >= 4 is 17.7 Å². The van der Waals surface area contributed by atoms with Crippen molar-refractivity contribution < 1.29 is 9.90 Å². The highest BCUT2D eigenvalue weighted by atomic mass is 16.3. The van der Waals surface area contributed by atoms with E-state index < -0.39 is 5.91 Å². The van der Waals surface area contributed by atoms with Crippen LogP contribution >= 0.6 is 0 Å². The normalized spacial score (nSPS) is 10.5. The number of rotatable bonds is 2. The lowest BCUT2D eigenvalue weighted by molar-refractivity contribution is -0.113. The number of hydrogen-bond acceptors (Lipinski definition) is 3. The van der Waals surface area contributed by atoms with Gasteiger partial charge in [0.25, 0.3) is 0 Å². The fourth-order valence-corrected chi connectivity index (χ4v) is 0.855. The molecule has 0 bridgehead atoms. The van der Waals surface area contributed by atoms with Crippen molar-refractivity contribution in [2.24, 2.45) is 5.73 Å². The van der Waals surface area contributed by atoms with E-state index >= 15 is 0 Å². The summed E-state index contributed by atoms with van der Waals surface area (Å²) in [6.07, 6.45) is 2.75. The minimum atomic E-state index is -0.522. The van der Waals surface area contributed by atoms with Crippen molar-refractivity contribution in [1.29, 1.82) is 0 Å². The zero-order chi connectivity index (χ0) is 9.84. The molecule has 1 amide bonds. The molecule has 0 unspecified atom stereocenters. The molecule has 0 aromatic heterocycles. The monoisotopic (exact) mass is 178 g/mol. The molecule has 4 nitrogen and oxygen atoms in total. The van der Waals surface area contributed by atoms with E-state index in [1.807, 2.05) is 0 Å². The van der Waals surface area contributed by atoms with Crippen LogP contribution in [-0.4, -0.2) is 11.0 Å². The van der Waals surface area contributed by atoms with Gasteiger partial charge in [0.2, 0.25) is 5.91 Å². The summed E-state index contributed by atoms with van der Waals surface area (Å²) < 4.78 is 0. The Hall–Kier alpha value is -1.97. The van der Waals surface area contributed by atoms with Gasteiger partial charge >= 0.3 is 0 Å². The molecule has 1 aromatic rings. The van der Waals surface area contributed by atoms with E-state index in [2.05, 4.69) is 0 Å². The van der Waals surface area contributed by atoms with E-state index in [0.717, 1.165) is 0 Å². The SMILES string of the molecule is NC(=O)C=Cc1ccc(O)c(N)c1. The maximum atomic E-state index is 10.4. The van der Waals surface area contributed by atoms with Crippen LogP contribution in [0.4, 0.5) is 5.69 Å². The predicted molar refractivity (Wildman–Crippen MR) is 50.7 cm³/mol. The van der Waals surface area contributed by atoms with Crippen LogP contribution in [0.15, 0.2) is 24.3 Å². The molecule has 0 saturated heterocycles. The third kappa shape index (κ3) is 2.52. The molecule has 0 fully saturated rings. The van der Waals surface area contributed by atoms with E-state index in [0.29, 0.717) is 5.56 Å². The van der Waals surface area contributed by atoms with Crippen LogP contribution in [0, 0.1) is 0 Å². The zero-order valence-corrected chi connectivity index (χ0v) is 6.90. The Labute approximate surface area is 75.5 Å². The van der Waals surface area contributed by atoms with Gasteiger partial charge in [-0.15, -0.1) is 0 Å². The van der Waals surface area contributed by atoms with Crippen molar-refractivity contribution in [2.75, 3.05) is 5.73 Å². The summed E-state index contributed by atoms with van der Waals surface area (Å²) in [5.41, 5.74) is 11.3. The quantitative estimate of drug-likeness (QED) is 0.349. The van der Waals surface area contributed by atoms with Gasteiger partial charge in [0.05, 0.1) is 5.69 Å². The lowest BCUT2D eigenvalue weighted by Gasteiger charge is -1.98. The molecular formula is C9H10N2O2. The van der Waals surface area contributed by atoms with Crippen molar-refractivity contribution in [3.8, 4) is 5.75 Å². The minimum absolute atomic E-state index is 0.0243. The molecule has 5 N–H and O–H groups in total. The molecular weight excluding hydrogens is 168 g/mol. The Morgan fingerprint density at radius 1 is 1.46 bits per heavy atom. The molecule has 0 heterocycles. The van der Waals surface area contributed by atoms with E-state index in [9.17, 15) is 4.79 Å². The zero-order valence-electron chi connectivity index (χ0n) is 6.90. The van der Waals surface area contributed by atoms with Gasteiger partial charge in [-0.25, -0.2) is 0 Å². The Morgan fingerprint density at radius 2 is 2.15 bits per heavy atom. The van der Waals surface area contributed by atoms with Crippen LogP contribution in [0.25, 0.3) is 6.08 Å². The molecule has 0 aliphatic heterocycles. The van der Waals surface area contributed by atoms with Crippen LogP contribution in [0.1, 0.15) is 5.56 Å². The highest BCUT2D eigenvalue weighted by Gasteiger charge is 1.95. The smallest absolute Gasteiger partial charge is 0.241 e. The second kappa shape index (κ2) is 3.62. The van der Waals surface area contributed by atoms with Gasteiger partial charge in [0.1, 0.15) is 5.75 Å². The number of nitrogens with two attached hydrogens (primary N) is 2. The second-order valence-corrected chi connectivity index (χ2v) is 2.55. The number of hydrogen-bond donors (Lipinski definition) is 3. The average molecular weight is 178 g/mol. The topological polar surface area (TPSA) is 89.3 Å². The summed E-state index contributed by atoms with van der Waals surface area (Å²) in [6.45, 7) is 0. The van der Waals surface area contributed by atoms with Crippen molar-refractivity contribution in [3.63, 3.8) is 0 Å². The van der Waals surface area contributed by atoms with E-state index in [1.54, 1.807) is 12.1 Å². The third-order valence-corrected chi connectivity index (χ3v) is 1.49. The number of aromatic hydroxyl groups is 1. The van der Waals surface area contributed by atoms with Gasteiger partial charge in [0, 0.05) is 6.08 Å². The van der Waals surface area contributed by atoms with Crippen LogP contribution in [0.2, 0.25) is 0 Å². The molecule has 0 aliphatic rings. The van der Waals surface area contributed by atoms with Crippen LogP contribution in [0.3, 0.4) is 0 Å². The lowest BCUT2D eigenvalue weighted by atomic mass is 10.2. The predicted octanol–water partition coefficient (Wildman–Crippen LogP) is 0.473. The van der Waals surface area contributed by atoms with E-state index in [-0.39, 0.29) is 11.4 Å². The first-order valence-electron chi connectivity index (χ1n) is 3.65. The Morgan fingerprint density at radius 3 is 2.69 bits per heavy atom. The summed E-state index contributed by atoms with van der Waals surface area (Å²) in [6, 6.07) is 4.63. The lowest BCUT2D eigenvalue weighted by Crippen LogP contribution is -2.05. The number of phenols is 1. The fourth-order valence-electron chi connectivity index (χ4n) is 0.855. The molecule has 1 rings (SSSR count). The number of primary amides is 1. The average Bonchev–Trinajstić information content (AvgIpc) is 2.07. The number of anilines is 1. The summed E-state index contributed by atoms with van der Waals surface area (Å²) in [5, 5.41) is 9.08. The highest BCUT2D eigenvalue weighted by molar-refractivity contribution is 5.90. The number of carbonyl (C=O) groups is 1. The number of nitrogen functional groups attached to an aromatic ring is 1. The molecule has 0 spiro atoms. The molecule has 0 aliphatic carbocycles. The molecule has 1 aromatic carbocycles. The minimum Gasteiger partial charge on any atom is -0.506 e. The Bertz CT molecular complexity index is 359. The van der Waals surface area contributed by atoms with Crippen LogP contribution in [-0.2, 0) is 4.79 Å². The Kier molecular flexibility index (Phi) is 2.54. The van der Waals surface area contributed by atoms with Gasteiger partial charge in [0.15, 0.2) is 0 Å². The summed E-state index contributed by atoms with van der Waals surface area (Å²) in [7, 11) is 0. The van der Waals surface area contributed by atoms with Gasteiger partial charge < -0.3 is 16.6 Å². The summed E-state index contributed by atoms with van der Waals surface area (Å²) in [4.78, 5) is 10.4. The Balaban J connectivity index is 2.92. The van der Waals surface area contributed by atoms with Crippen molar-refractivity contribution in [2.45, 2.75) is 0 Å². The first kappa shape index (κ1) is 9.12. The van der Waals surface area contributed by atoms with Crippen LogP contribution in [0.5, 0.6) is 5.75 Å². The number of benzene rings is 1. The van der Waals surface area contributed by atoms with Crippen LogP contribution < -0.4 is 11.5 Å². The largest absolute Gasteiger partial charge is 0.506 e. The maximum absolute atomic E-state index is 10.4. The first-order valence-corrected chi connectivity index (χ1v) is 3.65. The van der Waals surface area contributed by atoms with E-state index in [4.69, 9.17) is 16.6 Å². The standard InChI is InChI=1S/C9H10N2O2/c10-7-5-6(1-3-8(7)12)2-4-9(11)13/h1-5,12H,10H2,(H2,11,13).